The zero-order valence-electron chi connectivity index (χ0n) is 9.54. The van der Waals surface area contributed by atoms with E-state index in [9.17, 15) is 14.6 Å². The van der Waals surface area contributed by atoms with Gasteiger partial charge in [-0.2, -0.15) is 0 Å². The van der Waals surface area contributed by atoms with Crippen molar-refractivity contribution in [2.75, 3.05) is 6.61 Å². The van der Waals surface area contributed by atoms with Gasteiger partial charge in [-0.1, -0.05) is 25.1 Å². The number of rotatable bonds is 2. The molecule has 3 atom stereocenters. The number of aromatic hydroxyl groups is 1. The van der Waals surface area contributed by atoms with E-state index >= 15 is 0 Å². The molecule has 0 bridgehead atoms. The highest BCUT2D eigenvalue weighted by Crippen LogP contribution is 2.58. The molecule has 1 unspecified atom stereocenters. The van der Waals surface area contributed by atoms with Gasteiger partial charge in [-0.05, 0) is 12.5 Å². The molecule has 0 aliphatic carbocycles. The standard InChI is InChI=1S/C11H16NO4P/c1-2-8-7-16-17(14,15)11(12-8)9-5-3-4-6-10(9)13/h3-6,8,11-13H,2,7H2,1H3,(H,14,15)/t8-,11-/m1/s1. The summed E-state index contributed by atoms with van der Waals surface area (Å²) in [5.41, 5.74) is 0.400. The van der Waals surface area contributed by atoms with Gasteiger partial charge in [-0.15, -0.1) is 0 Å². The maximum atomic E-state index is 11.9. The Labute approximate surface area is 100.0 Å². The van der Waals surface area contributed by atoms with Gasteiger partial charge in [0.05, 0.1) is 6.61 Å². The minimum absolute atomic E-state index is 0.000344. The van der Waals surface area contributed by atoms with Crippen LogP contribution in [0.15, 0.2) is 24.3 Å². The topological polar surface area (TPSA) is 78.8 Å². The monoisotopic (exact) mass is 257 g/mol. The van der Waals surface area contributed by atoms with Gasteiger partial charge in [0.15, 0.2) is 0 Å². The first kappa shape index (κ1) is 12.6. The molecule has 6 heteroatoms. The fourth-order valence-electron chi connectivity index (χ4n) is 1.86. The Bertz CT molecular complexity index is 451. The lowest BCUT2D eigenvalue weighted by Gasteiger charge is -2.34. The Morgan fingerprint density at radius 2 is 2.24 bits per heavy atom. The van der Waals surface area contributed by atoms with Crippen LogP contribution in [-0.2, 0) is 9.09 Å². The van der Waals surface area contributed by atoms with Crippen molar-refractivity contribution < 1.29 is 19.1 Å². The van der Waals surface area contributed by atoms with Crippen molar-refractivity contribution in [1.82, 2.24) is 5.32 Å². The molecule has 0 amide bonds. The highest BCUT2D eigenvalue weighted by molar-refractivity contribution is 7.53. The van der Waals surface area contributed by atoms with Crippen LogP contribution >= 0.6 is 7.60 Å². The Morgan fingerprint density at radius 3 is 2.88 bits per heavy atom. The van der Waals surface area contributed by atoms with Crippen LogP contribution in [0.4, 0.5) is 0 Å². The third-order valence-corrected chi connectivity index (χ3v) is 4.50. The second-order valence-corrected chi connectivity index (χ2v) is 6.00. The number of hydrogen-bond acceptors (Lipinski definition) is 4. The summed E-state index contributed by atoms with van der Waals surface area (Å²) in [6, 6.07) is 6.52. The molecule has 0 radical (unpaired) electrons. The summed E-state index contributed by atoms with van der Waals surface area (Å²) in [5.74, 6) is -0.859. The van der Waals surface area contributed by atoms with Crippen LogP contribution in [0, 0.1) is 0 Å². The summed E-state index contributed by atoms with van der Waals surface area (Å²) in [6.45, 7) is 2.19. The van der Waals surface area contributed by atoms with E-state index in [2.05, 4.69) is 5.32 Å². The first-order chi connectivity index (χ1) is 8.04. The van der Waals surface area contributed by atoms with Gasteiger partial charge in [0.25, 0.3) is 0 Å². The molecular weight excluding hydrogens is 241 g/mol. The van der Waals surface area contributed by atoms with E-state index in [-0.39, 0.29) is 18.4 Å². The van der Waals surface area contributed by atoms with E-state index in [1.54, 1.807) is 18.2 Å². The molecular formula is C11H16NO4P. The second-order valence-electron chi connectivity index (χ2n) is 4.09. The summed E-state index contributed by atoms with van der Waals surface area (Å²) in [5, 5.41) is 12.8. The summed E-state index contributed by atoms with van der Waals surface area (Å²) >= 11 is 0. The van der Waals surface area contributed by atoms with E-state index in [4.69, 9.17) is 4.52 Å². The lowest BCUT2D eigenvalue weighted by Crippen LogP contribution is -2.40. The second kappa shape index (κ2) is 4.78. The average Bonchev–Trinajstić information content (AvgIpc) is 2.30. The van der Waals surface area contributed by atoms with Crippen molar-refractivity contribution in [2.45, 2.75) is 25.2 Å². The molecule has 1 aliphatic rings. The van der Waals surface area contributed by atoms with Crippen LogP contribution in [0.25, 0.3) is 0 Å². The van der Waals surface area contributed by atoms with Gasteiger partial charge in [0.2, 0.25) is 0 Å². The van der Waals surface area contributed by atoms with Crippen molar-refractivity contribution in [3.63, 3.8) is 0 Å². The zero-order chi connectivity index (χ0) is 12.5. The number of benzene rings is 1. The molecule has 1 aromatic carbocycles. The maximum absolute atomic E-state index is 11.9. The highest BCUT2D eigenvalue weighted by Gasteiger charge is 2.40. The smallest absolute Gasteiger partial charge is 0.349 e. The molecule has 1 aromatic rings. The molecule has 5 nitrogen and oxygen atoms in total. The molecule has 0 spiro atoms. The normalized spacial score (nSPS) is 33.5. The molecule has 1 saturated heterocycles. The SMILES string of the molecule is CC[C@@H]1COP(=O)(O)[C@H](c2ccccc2O)N1. The average molecular weight is 257 g/mol. The van der Waals surface area contributed by atoms with Gasteiger partial charge in [0.1, 0.15) is 11.5 Å². The van der Waals surface area contributed by atoms with Crippen LogP contribution < -0.4 is 5.32 Å². The fourth-order valence-corrected chi connectivity index (χ4v) is 3.37. The maximum Gasteiger partial charge on any atom is 0.349 e. The summed E-state index contributed by atoms with van der Waals surface area (Å²) in [7, 11) is -3.77. The Balaban J connectivity index is 2.34. The Hall–Kier alpha value is -0.870. The number of nitrogens with one attached hydrogen (secondary N) is 1. The minimum atomic E-state index is -3.77. The van der Waals surface area contributed by atoms with E-state index in [0.29, 0.717) is 5.56 Å². The highest BCUT2D eigenvalue weighted by atomic mass is 31.2. The van der Waals surface area contributed by atoms with Gasteiger partial charge in [-0.3, -0.25) is 9.88 Å². The number of phenols is 1. The van der Waals surface area contributed by atoms with Gasteiger partial charge in [-0.25, -0.2) is 0 Å². The van der Waals surface area contributed by atoms with Crippen LogP contribution in [0.3, 0.4) is 0 Å². The molecule has 1 heterocycles. The summed E-state index contributed by atoms with van der Waals surface area (Å²) < 4.78 is 17.0. The Kier molecular flexibility index (Phi) is 3.54. The van der Waals surface area contributed by atoms with Gasteiger partial charge in [0, 0.05) is 11.6 Å². The van der Waals surface area contributed by atoms with E-state index in [0.717, 1.165) is 6.42 Å². The molecule has 2 rings (SSSR count). The minimum Gasteiger partial charge on any atom is -0.508 e. The zero-order valence-corrected chi connectivity index (χ0v) is 10.4. The van der Waals surface area contributed by atoms with E-state index in [1.807, 2.05) is 6.92 Å². The van der Waals surface area contributed by atoms with Crippen LogP contribution in [0.1, 0.15) is 24.7 Å². The number of phenolic OH excluding ortho intramolecular Hbond substituents is 1. The summed E-state index contributed by atoms with van der Waals surface area (Å²) in [4.78, 5) is 9.79. The van der Waals surface area contributed by atoms with Gasteiger partial charge < -0.3 is 14.5 Å². The molecule has 3 N–H and O–H groups in total. The first-order valence-electron chi connectivity index (χ1n) is 5.55. The summed E-state index contributed by atoms with van der Waals surface area (Å²) in [6.07, 6.45) is 0.796. The van der Waals surface area contributed by atoms with Crippen LogP contribution in [-0.4, -0.2) is 22.6 Å². The number of hydrogen-bond donors (Lipinski definition) is 3. The quantitative estimate of drug-likeness (QED) is 0.706. The van der Waals surface area contributed by atoms with Gasteiger partial charge >= 0.3 is 7.60 Å². The third-order valence-electron chi connectivity index (χ3n) is 2.90. The molecule has 0 aromatic heterocycles. The largest absolute Gasteiger partial charge is 0.508 e. The van der Waals surface area contributed by atoms with Crippen molar-refractivity contribution >= 4 is 7.60 Å². The molecule has 94 valence electrons. The number of para-hydroxylation sites is 1. The predicted octanol–water partition coefficient (Wildman–Crippen LogP) is 1.97. The molecule has 17 heavy (non-hydrogen) atoms. The first-order valence-corrected chi connectivity index (χ1v) is 7.20. The molecule has 1 aliphatic heterocycles. The van der Waals surface area contributed by atoms with Crippen molar-refractivity contribution in [3.8, 4) is 5.75 Å². The van der Waals surface area contributed by atoms with E-state index in [1.165, 1.54) is 6.07 Å². The lowest BCUT2D eigenvalue weighted by atomic mass is 10.1. The Morgan fingerprint density at radius 1 is 1.53 bits per heavy atom. The predicted molar refractivity (Wildman–Crippen MR) is 63.8 cm³/mol. The fraction of sp³-hybridized carbons (Fsp3) is 0.455. The van der Waals surface area contributed by atoms with E-state index < -0.39 is 13.4 Å². The van der Waals surface area contributed by atoms with Crippen molar-refractivity contribution in [1.29, 1.82) is 0 Å². The van der Waals surface area contributed by atoms with Crippen molar-refractivity contribution in [2.24, 2.45) is 0 Å². The molecule has 1 fully saturated rings. The van der Waals surface area contributed by atoms with Crippen LogP contribution in [0.2, 0.25) is 0 Å². The third kappa shape index (κ3) is 2.53. The lowest BCUT2D eigenvalue weighted by molar-refractivity contribution is 0.177. The van der Waals surface area contributed by atoms with Crippen molar-refractivity contribution in [3.05, 3.63) is 29.8 Å². The van der Waals surface area contributed by atoms with Crippen LogP contribution in [0.5, 0.6) is 5.75 Å². The molecule has 0 saturated carbocycles.